The maximum atomic E-state index is 11.2. The Morgan fingerprint density at radius 1 is 1.23 bits per heavy atom. The van der Waals surface area contributed by atoms with Crippen LogP contribution in [0.1, 0.15) is 24.8 Å². The monoisotopic (exact) mass is 172 g/mol. The molecule has 0 radical (unpaired) electrons. The molecule has 0 aromatic heterocycles. The van der Waals surface area contributed by atoms with Crippen molar-refractivity contribution < 1.29 is 4.79 Å². The predicted molar refractivity (Wildman–Crippen MR) is 52.6 cm³/mol. The molecule has 1 nitrogen and oxygen atoms in total. The normalized spacial score (nSPS) is 21.8. The lowest BCUT2D eigenvalue weighted by atomic mass is 9.94. The van der Waals surface area contributed by atoms with Gasteiger partial charge in [0, 0.05) is 12.3 Å². The van der Waals surface area contributed by atoms with Gasteiger partial charge in [-0.1, -0.05) is 35.9 Å². The first-order valence-corrected chi connectivity index (χ1v) is 4.53. The smallest absolute Gasteiger partial charge is 0.156 e. The van der Waals surface area contributed by atoms with E-state index in [1.807, 2.05) is 25.1 Å². The Labute approximate surface area is 78.1 Å². The van der Waals surface area contributed by atoms with Gasteiger partial charge in [-0.3, -0.25) is 4.79 Å². The molecule has 66 valence electrons. The molecule has 0 saturated carbocycles. The molecule has 0 N–H and O–H groups in total. The number of ketones is 1. The zero-order valence-corrected chi connectivity index (χ0v) is 7.66. The van der Waals surface area contributed by atoms with Gasteiger partial charge in [-0.15, -0.1) is 0 Å². The van der Waals surface area contributed by atoms with E-state index in [1.54, 1.807) is 6.08 Å². The molecule has 0 unspecified atom stereocenters. The summed E-state index contributed by atoms with van der Waals surface area (Å²) in [5.41, 5.74) is 2.44. The molecule has 1 aromatic carbocycles. The molecule has 0 saturated heterocycles. The van der Waals surface area contributed by atoms with Gasteiger partial charge in [-0.25, -0.2) is 0 Å². The van der Waals surface area contributed by atoms with Gasteiger partial charge >= 0.3 is 0 Å². The second kappa shape index (κ2) is 3.17. The fraction of sp³-hybridized carbons (Fsp3) is 0.250. The van der Waals surface area contributed by atoms with Crippen LogP contribution in [0.2, 0.25) is 0 Å². The maximum Gasteiger partial charge on any atom is 0.156 e. The molecule has 1 aromatic rings. The van der Waals surface area contributed by atoms with Gasteiger partial charge in [0.15, 0.2) is 5.78 Å². The third-order valence-corrected chi connectivity index (χ3v) is 2.55. The van der Waals surface area contributed by atoms with Crippen LogP contribution in [0, 0.1) is 0 Å². The van der Waals surface area contributed by atoms with E-state index in [0.29, 0.717) is 12.3 Å². The van der Waals surface area contributed by atoms with Crippen molar-refractivity contribution in [1.82, 2.24) is 0 Å². The minimum Gasteiger partial charge on any atom is -0.295 e. The summed E-state index contributed by atoms with van der Waals surface area (Å²) in [6.07, 6.45) is 2.41. The van der Waals surface area contributed by atoms with Crippen LogP contribution in [0.4, 0.5) is 0 Å². The largest absolute Gasteiger partial charge is 0.295 e. The molecule has 0 spiro atoms. The lowest BCUT2D eigenvalue weighted by molar-refractivity contribution is -0.114. The lowest BCUT2D eigenvalue weighted by Crippen LogP contribution is -1.97. The lowest BCUT2D eigenvalue weighted by Gasteiger charge is -2.10. The summed E-state index contributed by atoms with van der Waals surface area (Å²) >= 11 is 0. The average Bonchev–Trinajstić information content (AvgIpc) is 2.47. The fourth-order valence-electron chi connectivity index (χ4n) is 1.84. The van der Waals surface area contributed by atoms with E-state index in [1.165, 1.54) is 11.1 Å². The molecular weight excluding hydrogens is 160 g/mol. The summed E-state index contributed by atoms with van der Waals surface area (Å²) < 4.78 is 0. The van der Waals surface area contributed by atoms with Crippen LogP contribution >= 0.6 is 0 Å². The predicted octanol–water partition coefficient (Wildman–Crippen LogP) is 2.69. The second-order valence-electron chi connectivity index (χ2n) is 3.52. The average molecular weight is 172 g/mol. The summed E-state index contributed by atoms with van der Waals surface area (Å²) in [6.45, 7) is 2.03. The Morgan fingerprint density at radius 3 is 2.46 bits per heavy atom. The molecule has 2 rings (SSSR count). The van der Waals surface area contributed by atoms with Gasteiger partial charge in [-0.05, 0) is 18.6 Å². The van der Waals surface area contributed by atoms with Crippen molar-refractivity contribution in [3.63, 3.8) is 0 Å². The first-order valence-electron chi connectivity index (χ1n) is 4.53. The molecule has 0 amide bonds. The summed E-state index contributed by atoms with van der Waals surface area (Å²) in [5.74, 6) is 0.583. The SMILES string of the molecule is CC1=CC(=O)C[C@H]1c1ccccc1. The van der Waals surface area contributed by atoms with Gasteiger partial charge in [0.25, 0.3) is 0 Å². The Kier molecular flexibility index (Phi) is 2.01. The molecule has 1 aliphatic carbocycles. The Hall–Kier alpha value is -1.37. The fourth-order valence-corrected chi connectivity index (χ4v) is 1.84. The zero-order valence-electron chi connectivity index (χ0n) is 7.66. The molecule has 1 aliphatic rings. The molecule has 0 aliphatic heterocycles. The van der Waals surface area contributed by atoms with Crippen LogP contribution < -0.4 is 0 Å². The van der Waals surface area contributed by atoms with Crippen molar-refractivity contribution in [2.24, 2.45) is 0 Å². The number of benzene rings is 1. The third kappa shape index (κ3) is 1.55. The number of allylic oxidation sites excluding steroid dienone is 2. The van der Waals surface area contributed by atoms with Crippen LogP contribution in [-0.4, -0.2) is 5.78 Å². The Bertz CT molecular complexity index is 349. The second-order valence-corrected chi connectivity index (χ2v) is 3.52. The van der Waals surface area contributed by atoms with Gasteiger partial charge in [0.2, 0.25) is 0 Å². The van der Waals surface area contributed by atoms with Crippen LogP contribution in [0.3, 0.4) is 0 Å². The maximum absolute atomic E-state index is 11.2. The van der Waals surface area contributed by atoms with E-state index < -0.39 is 0 Å². The van der Waals surface area contributed by atoms with Gasteiger partial charge in [-0.2, -0.15) is 0 Å². The van der Waals surface area contributed by atoms with Gasteiger partial charge in [0.1, 0.15) is 0 Å². The van der Waals surface area contributed by atoms with E-state index in [0.717, 1.165) is 0 Å². The highest BCUT2D eigenvalue weighted by Crippen LogP contribution is 2.32. The number of rotatable bonds is 1. The summed E-state index contributed by atoms with van der Waals surface area (Å²) in [4.78, 5) is 11.2. The van der Waals surface area contributed by atoms with E-state index in [9.17, 15) is 4.79 Å². The minimum absolute atomic E-state index is 0.256. The van der Waals surface area contributed by atoms with E-state index >= 15 is 0 Å². The van der Waals surface area contributed by atoms with E-state index in [4.69, 9.17) is 0 Å². The van der Waals surface area contributed by atoms with Crippen LogP contribution in [0.5, 0.6) is 0 Å². The first kappa shape index (κ1) is 8.24. The molecule has 13 heavy (non-hydrogen) atoms. The van der Waals surface area contributed by atoms with Crippen LogP contribution in [-0.2, 0) is 4.79 Å². The van der Waals surface area contributed by atoms with Crippen molar-refractivity contribution in [3.8, 4) is 0 Å². The van der Waals surface area contributed by atoms with Crippen molar-refractivity contribution in [3.05, 3.63) is 47.5 Å². The molecule has 1 heteroatoms. The third-order valence-electron chi connectivity index (χ3n) is 2.55. The van der Waals surface area contributed by atoms with Crippen LogP contribution in [0.25, 0.3) is 0 Å². The van der Waals surface area contributed by atoms with Crippen LogP contribution in [0.15, 0.2) is 42.0 Å². The summed E-state index contributed by atoms with van der Waals surface area (Å²) in [6, 6.07) is 10.2. The molecular formula is C12H12O. The molecule has 1 atom stereocenters. The number of carbonyl (C=O) groups excluding carboxylic acids is 1. The van der Waals surface area contributed by atoms with Crippen molar-refractivity contribution in [2.45, 2.75) is 19.3 Å². The number of hydrogen-bond acceptors (Lipinski definition) is 1. The highest BCUT2D eigenvalue weighted by atomic mass is 16.1. The van der Waals surface area contributed by atoms with E-state index in [-0.39, 0.29) is 5.78 Å². The Morgan fingerprint density at radius 2 is 1.92 bits per heavy atom. The number of hydrogen-bond donors (Lipinski definition) is 0. The molecule has 0 bridgehead atoms. The Balaban J connectivity index is 2.30. The van der Waals surface area contributed by atoms with Gasteiger partial charge < -0.3 is 0 Å². The molecule has 0 heterocycles. The topological polar surface area (TPSA) is 17.1 Å². The highest BCUT2D eigenvalue weighted by molar-refractivity contribution is 5.94. The van der Waals surface area contributed by atoms with E-state index in [2.05, 4.69) is 12.1 Å². The zero-order chi connectivity index (χ0) is 9.26. The van der Waals surface area contributed by atoms with Crippen molar-refractivity contribution in [1.29, 1.82) is 0 Å². The van der Waals surface area contributed by atoms with Crippen molar-refractivity contribution >= 4 is 5.78 Å². The number of carbonyl (C=O) groups is 1. The quantitative estimate of drug-likeness (QED) is 0.636. The summed E-state index contributed by atoms with van der Waals surface area (Å²) in [5, 5.41) is 0. The standard InChI is InChI=1S/C12H12O/c1-9-7-11(13)8-12(9)10-5-3-2-4-6-10/h2-7,12H,8H2,1H3/t12-/m1/s1. The first-order chi connectivity index (χ1) is 6.27. The van der Waals surface area contributed by atoms with Crippen molar-refractivity contribution in [2.75, 3.05) is 0 Å². The highest BCUT2D eigenvalue weighted by Gasteiger charge is 2.22. The molecule has 0 fully saturated rings. The minimum atomic E-state index is 0.256. The summed E-state index contributed by atoms with van der Waals surface area (Å²) in [7, 11) is 0. The van der Waals surface area contributed by atoms with Gasteiger partial charge in [0.05, 0.1) is 0 Å².